The van der Waals surface area contributed by atoms with Crippen molar-refractivity contribution in [1.82, 2.24) is 15.5 Å². The first-order valence-corrected chi connectivity index (χ1v) is 9.16. The number of nitrogens with zero attached hydrogens (tertiary/aromatic N) is 1. The number of benzene rings is 2. The molecule has 4 aromatic rings. The number of quaternary nitrogens is 1. The number of carbonyl (C=O) groups is 1. The highest BCUT2D eigenvalue weighted by molar-refractivity contribution is 6.01. The van der Waals surface area contributed by atoms with Gasteiger partial charge in [-0.1, -0.05) is 18.2 Å². The highest BCUT2D eigenvalue weighted by Gasteiger charge is 2.15. The average molecular weight is 363 g/mol. The first kappa shape index (κ1) is 17.3. The van der Waals surface area contributed by atoms with Crippen molar-refractivity contribution in [3.8, 4) is 11.5 Å². The van der Waals surface area contributed by atoms with E-state index in [1.54, 1.807) is 0 Å². The highest BCUT2D eigenvalue weighted by Crippen LogP contribution is 2.31. The van der Waals surface area contributed by atoms with Gasteiger partial charge in [-0.15, -0.1) is 0 Å². The van der Waals surface area contributed by atoms with E-state index in [0.29, 0.717) is 23.6 Å². The van der Waals surface area contributed by atoms with E-state index in [1.807, 2.05) is 48.5 Å². The Morgan fingerprint density at radius 1 is 1.19 bits per heavy atom. The van der Waals surface area contributed by atoms with Crippen LogP contribution in [0.25, 0.3) is 33.3 Å². The van der Waals surface area contributed by atoms with Crippen molar-refractivity contribution < 1.29 is 14.1 Å². The van der Waals surface area contributed by atoms with Crippen LogP contribution in [0.3, 0.4) is 0 Å². The lowest BCUT2D eigenvalue weighted by atomic mass is 10.1. The van der Waals surface area contributed by atoms with E-state index in [4.69, 9.17) is 4.42 Å². The fourth-order valence-electron chi connectivity index (χ4n) is 3.19. The zero-order valence-electron chi connectivity index (χ0n) is 15.5. The van der Waals surface area contributed by atoms with Crippen molar-refractivity contribution in [2.24, 2.45) is 0 Å². The predicted molar refractivity (Wildman–Crippen MR) is 106 cm³/mol. The number of aromatic amines is 1. The van der Waals surface area contributed by atoms with Gasteiger partial charge in [0.2, 0.25) is 0 Å². The lowest BCUT2D eigenvalue weighted by molar-refractivity contribution is -0.858. The molecule has 2 heterocycles. The number of aromatic nitrogens is 2. The molecule has 0 aliphatic heterocycles. The molecule has 0 saturated carbocycles. The van der Waals surface area contributed by atoms with E-state index in [-0.39, 0.29) is 5.91 Å². The third-order valence-electron chi connectivity index (χ3n) is 4.62. The molecule has 0 saturated heterocycles. The number of H-pyrrole nitrogens is 1. The fraction of sp³-hybridized carbons (Fsp3) is 0.238. The van der Waals surface area contributed by atoms with Gasteiger partial charge < -0.3 is 14.6 Å². The van der Waals surface area contributed by atoms with Crippen LogP contribution in [0.15, 0.2) is 52.9 Å². The van der Waals surface area contributed by atoms with Gasteiger partial charge in [0.1, 0.15) is 11.3 Å². The van der Waals surface area contributed by atoms with Crippen LogP contribution < -0.4 is 10.2 Å². The van der Waals surface area contributed by atoms with Crippen molar-refractivity contribution >= 4 is 27.8 Å². The molecule has 2 aromatic carbocycles. The maximum atomic E-state index is 12.5. The number of para-hydroxylation sites is 1. The Bertz CT molecular complexity index is 1060. The molecular weight excluding hydrogens is 340 g/mol. The summed E-state index contributed by atoms with van der Waals surface area (Å²) < 4.78 is 5.94. The summed E-state index contributed by atoms with van der Waals surface area (Å²) in [6.07, 6.45) is 0.951. The molecule has 1 amide bonds. The molecule has 3 N–H and O–H groups in total. The minimum atomic E-state index is -0.0672. The number of nitrogens with one attached hydrogen (secondary N) is 3. The third kappa shape index (κ3) is 3.57. The second-order valence-electron chi connectivity index (χ2n) is 7.05. The maximum absolute atomic E-state index is 12.5. The van der Waals surface area contributed by atoms with Gasteiger partial charge in [0.15, 0.2) is 5.76 Å². The molecule has 6 heteroatoms. The van der Waals surface area contributed by atoms with Gasteiger partial charge in [-0.3, -0.25) is 9.89 Å². The molecule has 0 radical (unpaired) electrons. The molecule has 0 atom stereocenters. The van der Waals surface area contributed by atoms with Crippen LogP contribution >= 0.6 is 0 Å². The number of fused-ring (bicyclic) bond motifs is 2. The van der Waals surface area contributed by atoms with E-state index in [2.05, 4.69) is 29.6 Å². The zero-order chi connectivity index (χ0) is 18.8. The van der Waals surface area contributed by atoms with Gasteiger partial charge in [-0.25, -0.2) is 0 Å². The summed E-state index contributed by atoms with van der Waals surface area (Å²) in [6.45, 7) is 1.70. The van der Waals surface area contributed by atoms with Gasteiger partial charge >= 0.3 is 0 Å². The summed E-state index contributed by atoms with van der Waals surface area (Å²) in [5.74, 6) is 0.622. The number of hydrogen-bond donors (Lipinski definition) is 3. The number of carbonyl (C=O) groups excluding carboxylic acids is 1. The SMILES string of the molecule is C[NH+](C)CCCNC(=O)c1ccc2[nH]nc(-c3cc4ccccc4o3)c2c1. The van der Waals surface area contributed by atoms with Gasteiger partial charge in [0.05, 0.1) is 26.2 Å². The Morgan fingerprint density at radius 2 is 2.04 bits per heavy atom. The van der Waals surface area contributed by atoms with Crippen LogP contribution in [0.2, 0.25) is 0 Å². The average Bonchev–Trinajstić information content (AvgIpc) is 3.27. The number of amides is 1. The van der Waals surface area contributed by atoms with Gasteiger partial charge in [0.25, 0.3) is 5.91 Å². The Morgan fingerprint density at radius 3 is 2.85 bits per heavy atom. The number of hydrogen-bond acceptors (Lipinski definition) is 3. The van der Waals surface area contributed by atoms with Gasteiger partial charge in [-0.05, 0) is 30.3 Å². The third-order valence-corrected chi connectivity index (χ3v) is 4.62. The second kappa shape index (κ2) is 7.25. The number of rotatable bonds is 6. The van der Waals surface area contributed by atoms with E-state index < -0.39 is 0 Å². The first-order chi connectivity index (χ1) is 13.1. The lowest BCUT2D eigenvalue weighted by Crippen LogP contribution is -3.05. The molecular formula is C21H23N4O2+. The van der Waals surface area contributed by atoms with Crippen molar-refractivity contribution in [3.63, 3.8) is 0 Å². The molecule has 6 nitrogen and oxygen atoms in total. The predicted octanol–water partition coefficient (Wildman–Crippen LogP) is 2.24. The van der Waals surface area contributed by atoms with Crippen molar-refractivity contribution in [1.29, 1.82) is 0 Å². The zero-order valence-corrected chi connectivity index (χ0v) is 15.5. The molecule has 0 aliphatic carbocycles. The normalized spacial score (nSPS) is 11.5. The van der Waals surface area contributed by atoms with Crippen LogP contribution in [0.4, 0.5) is 0 Å². The number of furan rings is 1. The summed E-state index contributed by atoms with van der Waals surface area (Å²) in [5.41, 5.74) is 3.03. The summed E-state index contributed by atoms with van der Waals surface area (Å²) in [4.78, 5) is 13.8. The Hall–Kier alpha value is -3.12. The van der Waals surface area contributed by atoms with Gasteiger partial charge in [0, 0.05) is 29.3 Å². The second-order valence-corrected chi connectivity index (χ2v) is 7.05. The van der Waals surface area contributed by atoms with Crippen LogP contribution in [-0.4, -0.2) is 43.3 Å². The minimum Gasteiger partial charge on any atom is -0.454 e. The molecule has 0 aliphatic rings. The molecule has 2 aromatic heterocycles. The molecule has 138 valence electrons. The fourth-order valence-corrected chi connectivity index (χ4v) is 3.19. The largest absolute Gasteiger partial charge is 0.454 e. The van der Waals surface area contributed by atoms with Crippen molar-refractivity contribution in [2.45, 2.75) is 6.42 Å². The highest BCUT2D eigenvalue weighted by atomic mass is 16.3. The van der Waals surface area contributed by atoms with Crippen molar-refractivity contribution in [2.75, 3.05) is 27.2 Å². The lowest BCUT2D eigenvalue weighted by Gasteiger charge is -2.08. The molecule has 4 rings (SSSR count). The molecule has 0 bridgehead atoms. The molecule has 27 heavy (non-hydrogen) atoms. The Kier molecular flexibility index (Phi) is 4.64. The minimum absolute atomic E-state index is 0.0672. The topological polar surface area (TPSA) is 75.4 Å². The monoisotopic (exact) mass is 363 g/mol. The molecule has 0 fully saturated rings. The van der Waals surface area contributed by atoms with Crippen LogP contribution in [0, 0.1) is 0 Å². The van der Waals surface area contributed by atoms with Gasteiger partial charge in [-0.2, -0.15) is 5.10 Å². The van der Waals surface area contributed by atoms with Crippen molar-refractivity contribution in [3.05, 3.63) is 54.1 Å². The molecule has 0 unspecified atom stereocenters. The summed E-state index contributed by atoms with van der Waals surface area (Å²) in [5, 5.41) is 12.3. The standard InChI is InChI=1S/C21H22N4O2/c1-25(2)11-5-10-22-21(26)15-8-9-17-16(12-15)20(24-23-17)19-13-14-6-3-4-7-18(14)27-19/h3-4,6-9,12-13H,5,10-11H2,1-2H3,(H,22,26)(H,23,24)/p+1. The summed E-state index contributed by atoms with van der Waals surface area (Å²) in [6, 6.07) is 15.4. The summed E-state index contributed by atoms with van der Waals surface area (Å²) >= 11 is 0. The smallest absolute Gasteiger partial charge is 0.251 e. The van der Waals surface area contributed by atoms with E-state index in [1.165, 1.54) is 4.90 Å². The molecule has 0 spiro atoms. The Balaban J connectivity index is 1.60. The van der Waals surface area contributed by atoms with E-state index in [0.717, 1.165) is 34.8 Å². The summed E-state index contributed by atoms with van der Waals surface area (Å²) in [7, 11) is 4.21. The van der Waals surface area contributed by atoms with E-state index in [9.17, 15) is 4.79 Å². The quantitative estimate of drug-likeness (QED) is 0.460. The van der Waals surface area contributed by atoms with Crippen LogP contribution in [0.1, 0.15) is 16.8 Å². The van der Waals surface area contributed by atoms with E-state index >= 15 is 0 Å². The Labute approximate surface area is 157 Å². The first-order valence-electron chi connectivity index (χ1n) is 9.16. The van der Waals surface area contributed by atoms with Crippen LogP contribution in [-0.2, 0) is 0 Å². The van der Waals surface area contributed by atoms with Crippen LogP contribution in [0.5, 0.6) is 0 Å². The maximum Gasteiger partial charge on any atom is 0.251 e.